The molecule has 1 aromatic heterocycles. The van der Waals surface area contributed by atoms with Crippen molar-refractivity contribution in [2.24, 2.45) is 0 Å². The molecular weight excluding hydrogens is 332 g/mol. The topological polar surface area (TPSA) is 57.9 Å². The van der Waals surface area contributed by atoms with Gasteiger partial charge in [0.1, 0.15) is 22.8 Å². The summed E-state index contributed by atoms with van der Waals surface area (Å²) in [6.45, 7) is 2.62. The van der Waals surface area contributed by atoms with Gasteiger partial charge >= 0.3 is 5.63 Å². The van der Waals surface area contributed by atoms with Crippen LogP contribution < -0.4 is 19.8 Å². The minimum Gasteiger partial charge on any atom is -0.497 e. The van der Waals surface area contributed by atoms with E-state index in [1.807, 2.05) is 43.3 Å². The Bertz CT molecular complexity index is 941. The molecule has 0 atom stereocenters. The highest BCUT2D eigenvalue weighted by molar-refractivity contribution is 5.85. The average molecular weight is 354 g/mol. The zero-order chi connectivity index (χ0) is 18.5. The van der Waals surface area contributed by atoms with Crippen molar-refractivity contribution >= 4 is 11.0 Å². The van der Waals surface area contributed by atoms with Gasteiger partial charge in [-0.3, -0.25) is 0 Å². The summed E-state index contributed by atoms with van der Waals surface area (Å²) in [6.07, 6.45) is 1.37. The van der Waals surface area contributed by atoms with Crippen LogP contribution in [0.4, 0.5) is 0 Å². The summed E-state index contributed by atoms with van der Waals surface area (Å²) in [7, 11) is 3.21. The maximum absolute atomic E-state index is 12.4. The molecule has 0 radical (unpaired) electrons. The summed E-state index contributed by atoms with van der Waals surface area (Å²) in [4.78, 5) is 12.4. The first kappa shape index (κ1) is 17.9. The Labute approximate surface area is 152 Å². The third-order valence-corrected chi connectivity index (χ3v) is 4.11. The van der Waals surface area contributed by atoms with Crippen LogP contribution in [0.3, 0.4) is 0 Å². The number of hydrogen-bond donors (Lipinski definition) is 0. The molecule has 0 amide bonds. The third kappa shape index (κ3) is 3.82. The lowest BCUT2D eigenvalue weighted by atomic mass is 10.0. The largest absolute Gasteiger partial charge is 0.497 e. The van der Waals surface area contributed by atoms with Gasteiger partial charge in [0.25, 0.3) is 0 Å². The second-order valence-corrected chi connectivity index (χ2v) is 5.97. The van der Waals surface area contributed by atoms with E-state index in [0.717, 1.165) is 23.1 Å². The van der Waals surface area contributed by atoms with Crippen LogP contribution in [0.25, 0.3) is 11.0 Å². The Hall–Kier alpha value is -2.95. The van der Waals surface area contributed by atoms with Crippen LogP contribution in [-0.2, 0) is 6.42 Å². The number of benzene rings is 2. The normalized spacial score (nSPS) is 10.7. The van der Waals surface area contributed by atoms with Crippen LogP contribution in [0.1, 0.15) is 24.5 Å². The minimum absolute atomic E-state index is 0.358. The van der Waals surface area contributed by atoms with Gasteiger partial charge in [-0.15, -0.1) is 0 Å². The van der Waals surface area contributed by atoms with E-state index in [1.165, 1.54) is 0 Å². The predicted molar refractivity (Wildman–Crippen MR) is 101 cm³/mol. The fourth-order valence-corrected chi connectivity index (χ4v) is 2.76. The van der Waals surface area contributed by atoms with Crippen LogP contribution >= 0.6 is 0 Å². The van der Waals surface area contributed by atoms with Crippen molar-refractivity contribution in [2.45, 2.75) is 19.8 Å². The third-order valence-electron chi connectivity index (χ3n) is 4.11. The molecule has 1 heterocycles. The Morgan fingerprint density at radius 1 is 0.962 bits per heavy atom. The molecule has 3 aromatic rings. The van der Waals surface area contributed by atoms with Gasteiger partial charge < -0.3 is 18.6 Å². The molecule has 0 saturated carbocycles. The Balaban J connectivity index is 1.98. The SMILES string of the molecule is CCCOc1cc(OC)c2cc(Cc3ccc(OC)cc3)c(=O)oc2c1. The van der Waals surface area contributed by atoms with Crippen LogP contribution in [0.2, 0.25) is 0 Å². The van der Waals surface area contributed by atoms with Gasteiger partial charge in [-0.2, -0.15) is 0 Å². The Morgan fingerprint density at radius 3 is 2.38 bits per heavy atom. The van der Waals surface area contributed by atoms with E-state index in [2.05, 4.69) is 0 Å². The molecule has 0 unspecified atom stereocenters. The van der Waals surface area contributed by atoms with E-state index in [0.29, 0.717) is 35.7 Å². The van der Waals surface area contributed by atoms with Crippen molar-refractivity contribution < 1.29 is 18.6 Å². The maximum atomic E-state index is 12.4. The highest BCUT2D eigenvalue weighted by Gasteiger charge is 2.12. The molecule has 26 heavy (non-hydrogen) atoms. The molecule has 5 nitrogen and oxygen atoms in total. The fourth-order valence-electron chi connectivity index (χ4n) is 2.76. The van der Waals surface area contributed by atoms with E-state index in [9.17, 15) is 4.79 Å². The second kappa shape index (κ2) is 7.95. The first-order chi connectivity index (χ1) is 12.6. The zero-order valence-corrected chi connectivity index (χ0v) is 15.2. The molecule has 0 fully saturated rings. The molecule has 3 rings (SSSR count). The van der Waals surface area contributed by atoms with E-state index >= 15 is 0 Å². The van der Waals surface area contributed by atoms with Gasteiger partial charge in [-0.05, 0) is 30.2 Å². The number of fused-ring (bicyclic) bond motifs is 1. The number of ether oxygens (including phenoxy) is 3. The molecule has 0 bridgehead atoms. The van der Waals surface area contributed by atoms with Crippen molar-refractivity contribution in [3.63, 3.8) is 0 Å². The van der Waals surface area contributed by atoms with Crippen LogP contribution in [0.15, 0.2) is 51.7 Å². The lowest BCUT2D eigenvalue weighted by Gasteiger charge is -2.11. The smallest absolute Gasteiger partial charge is 0.339 e. The highest BCUT2D eigenvalue weighted by Crippen LogP contribution is 2.31. The summed E-state index contributed by atoms with van der Waals surface area (Å²) in [6, 6.07) is 13.0. The van der Waals surface area contributed by atoms with Crippen molar-refractivity contribution in [1.82, 2.24) is 0 Å². The van der Waals surface area contributed by atoms with Gasteiger partial charge in [-0.25, -0.2) is 4.79 Å². The molecule has 2 aromatic carbocycles. The van der Waals surface area contributed by atoms with Crippen molar-refractivity contribution in [2.75, 3.05) is 20.8 Å². The number of rotatable bonds is 7. The fraction of sp³-hybridized carbons (Fsp3) is 0.286. The number of hydrogen-bond acceptors (Lipinski definition) is 5. The van der Waals surface area contributed by atoms with Gasteiger partial charge in [0, 0.05) is 24.1 Å². The standard InChI is InChI=1S/C21H22O5/c1-4-9-25-17-12-19(24-3)18-11-15(21(22)26-20(18)13-17)10-14-5-7-16(23-2)8-6-14/h5-8,11-13H,4,9-10H2,1-3H3. The molecule has 0 aliphatic heterocycles. The predicted octanol–water partition coefficient (Wildman–Crippen LogP) is 4.19. The van der Waals surface area contributed by atoms with Crippen LogP contribution in [-0.4, -0.2) is 20.8 Å². The molecule has 136 valence electrons. The first-order valence-corrected chi connectivity index (χ1v) is 8.55. The monoisotopic (exact) mass is 354 g/mol. The second-order valence-electron chi connectivity index (χ2n) is 5.97. The Morgan fingerprint density at radius 2 is 1.73 bits per heavy atom. The molecule has 0 spiro atoms. The summed E-state index contributed by atoms with van der Waals surface area (Å²) < 4.78 is 21.8. The Kier molecular flexibility index (Phi) is 5.46. The quantitative estimate of drug-likeness (QED) is 0.596. The molecule has 5 heteroatoms. The maximum Gasteiger partial charge on any atom is 0.339 e. The molecule has 0 N–H and O–H groups in total. The van der Waals surface area contributed by atoms with Crippen molar-refractivity contribution in [3.05, 3.63) is 64.0 Å². The molecule has 0 aliphatic rings. The van der Waals surface area contributed by atoms with E-state index in [4.69, 9.17) is 18.6 Å². The van der Waals surface area contributed by atoms with E-state index < -0.39 is 0 Å². The molecular formula is C21H22O5. The van der Waals surface area contributed by atoms with E-state index in [1.54, 1.807) is 20.3 Å². The van der Waals surface area contributed by atoms with Gasteiger partial charge in [0.05, 0.1) is 26.2 Å². The summed E-state index contributed by atoms with van der Waals surface area (Å²) >= 11 is 0. The first-order valence-electron chi connectivity index (χ1n) is 8.55. The molecule has 0 saturated heterocycles. The van der Waals surface area contributed by atoms with Crippen molar-refractivity contribution in [3.8, 4) is 17.2 Å². The lowest BCUT2D eigenvalue weighted by Crippen LogP contribution is -2.08. The van der Waals surface area contributed by atoms with Gasteiger partial charge in [0.2, 0.25) is 0 Å². The van der Waals surface area contributed by atoms with Gasteiger partial charge in [-0.1, -0.05) is 19.1 Å². The van der Waals surface area contributed by atoms with Gasteiger partial charge in [0.15, 0.2) is 0 Å². The lowest BCUT2D eigenvalue weighted by molar-refractivity contribution is 0.314. The van der Waals surface area contributed by atoms with Crippen molar-refractivity contribution in [1.29, 1.82) is 0 Å². The minimum atomic E-state index is -0.358. The number of methoxy groups -OCH3 is 2. The summed E-state index contributed by atoms with van der Waals surface area (Å²) in [5, 5.41) is 0.750. The average Bonchev–Trinajstić information content (AvgIpc) is 2.67. The molecule has 0 aliphatic carbocycles. The van der Waals surface area contributed by atoms with Crippen LogP contribution in [0.5, 0.6) is 17.2 Å². The van der Waals surface area contributed by atoms with E-state index in [-0.39, 0.29) is 5.63 Å². The highest BCUT2D eigenvalue weighted by atomic mass is 16.5. The van der Waals surface area contributed by atoms with Crippen LogP contribution in [0, 0.1) is 0 Å². The summed E-state index contributed by atoms with van der Waals surface area (Å²) in [5.41, 5.74) is 1.67. The summed E-state index contributed by atoms with van der Waals surface area (Å²) in [5.74, 6) is 2.02. The zero-order valence-electron chi connectivity index (χ0n) is 15.2.